The Kier molecular flexibility index (Phi) is 17.2. The molecule has 0 spiro atoms. The van der Waals surface area contributed by atoms with Gasteiger partial charge in [-0.15, -0.1) is 20.5 Å². The SMILES string of the molecule is CCN(CC)c1cc(Nc2nc(Nc3cc(N(CC)CC)c(OC)cc3/N=N/c3ccc(S(=O)(=O)O)c4ccccc34)nc(SCc3cccc(S(=O)(=O)O)c3)n2)c(/N=N/c2ccc(S(=O)(=O)O)c3ccccc23)cc1OC. The zero-order chi connectivity index (χ0) is 55.9. The molecule has 26 heteroatoms. The van der Waals surface area contributed by atoms with Gasteiger partial charge in [-0.05, 0) is 81.8 Å². The molecule has 0 aliphatic carbocycles. The molecule has 0 amide bonds. The van der Waals surface area contributed by atoms with Crippen molar-refractivity contribution >= 4 is 121 Å². The van der Waals surface area contributed by atoms with Crippen LogP contribution in [0, 0.1) is 0 Å². The molecule has 1 heterocycles. The van der Waals surface area contributed by atoms with Crippen LogP contribution in [0.4, 0.5) is 57.4 Å². The number of hydrogen-bond donors (Lipinski definition) is 5. The molecule has 0 unspecified atom stereocenters. The molecule has 5 N–H and O–H groups in total. The maximum atomic E-state index is 12.3. The van der Waals surface area contributed by atoms with Gasteiger partial charge in [0.2, 0.25) is 11.9 Å². The van der Waals surface area contributed by atoms with Crippen LogP contribution >= 0.6 is 11.8 Å². The van der Waals surface area contributed by atoms with E-state index in [-0.39, 0.29) is 59.6 Å². The zero-order valence-corrected chi connectivity index (χ0v) is 46.1. The molecule has 0 fully saturated rings. The number of anilines is 6. The van der Waals surface area contributed by atoms with Crippen molar-refractivity contribution in [3.05, 3.63) is 127 Å². The minimum atomic E-state index is -4.58. The summed E-state index contributed by atoms with van der Waals surface area (Å²) in [6.45, 7) is 10.4. The fraction of sp³-hybridized carbons (Fsp3) is 0.212. The quantitative estimate of drug-likeness (QED) is 0.0239. The molecule has 0 bridgehead atoms. The van der Waals surface area contributed by atoms with Gasteiger partial charge in [-0.3, -0.25) is 13.7 Å². The lowest BCUT2D eigenvalue weighted by Gasteiger charge is -2.25. The van der Waals surface area contributed by atoms with Crippen molar-refractivity contribution in [2.24, 2.45) is 20.5 Å². The minimum Gasteiger partial charge on any atom is -0.494 e. The number of nitrogens with zero attached hydrogens (tertiary/aromatic N) is 9. The summed E-state index contributed by atoms with van der Waals surface area (Å²) in [7, 11) is -10.6. The Hall–Kier alpha value is -7.85. The molecule has 8 aromatic rings. The smallest absolute Gasteiger partial charge is 0.295 e. The molecule has 0 aliphatic rings. The molecule has 1 aromatic heterocycles. The second kappa shape index (κ2) is 23.8. The highest BCUT2D eigenvalue weighted by atomic mass is 32.2. The van der Waals surface area contributed by atoms with Crippen molar-refractivity contribution in [1.82, 2.24) is 15.0 Å². The van der Waals surface area contributed by atoms with Crippen molar-refractivity contribution in [3.8, 4) is 11.5 Å². The molecule has 0 aliphatic heterocycles. The molecule has 0 atom stereocenters. The third kappa shape index (κ3) is 12.8. The highest BCUT2D eigenvalue weighted by molar-refractivity contribution is 7.98. The van der Waals surface area contributed by atoms with E-state index < -0.39 is 30.4 Å². The maximum Gasteiger partial charge on any atom is 0.295 e. The van der Waals surface area contributed by atoms with Crippen LogP contribution in [-0.2, 0) is 36.1 Å². The molecule has 0 radical (unpaired) electrons. The third-order valence-electron chi connectivity index (χ3n) is 12.3. The van der Waals surface area contributed by atoms with E-state index in [1.54, 1.807) is 78.9 Å². The molecule has 406 valence electrons. The predicted molar refractivity (Wildman–Crippen MR) is 301 cm³/mol. The monoisotopic (exact) mass is 1140 g/mol. The number of rotatable bonds is 22. The zero-order valence-electron chi connectivity index (χ0n) is 42.8. The van der Waals surface area contributed by atoms with Crippen LogP contribution in [0.15, 0.2) is 162 Å². The number of ether oxygens (including phenoxy) is 2. The molecule has 8 rings (SSSR count). The molecular formula is C52H53N11O11S4. The summed E-state index contributed by atoms with van der Waals surface area (Å²) in [4.78, 5) is 17.7. The summed E-state index contributed by atoms with van der Waals surface area (Å²) in [5.41, 5.74) is 3.67. The van der Waals surface area contributed by atoms with E-state index >= 15 is 0 Å². The van der Waals surface area contributed by atoms with Gasteiger partial charge < -0.3 is 29.9 Å². The Morgan fingerprint density at radius 2 is 0.923 bits per heavy atom. The summed E-state index contributed by atoms with van der Waals surface area (Å²) in [5.74, 6) is 1.06. The van der Waals surface area contributed by atoms with E-state index in [1.165, 1.54) is 56.7 Å². The number of nitrogens with one attached hydrogen (secondary N) is 2. The van der Waals surface area contributed by atoms with Gasteiger partial charge in [0.15, 0.2) is 5.16 Å². The van der Waals surface area contributed by atoms with Gasteiger partial charge in [-0.1, -0.05) is 72.4 Å². The number of thioether (sulfide) groups is 1. The number of benzene rings is 7. The van der Waals surface area contributed by atoms with Crippen LogP contribution in [0.3, 0.4) is 0 Å². The Balaban J connectivity index is 1.28. The normalized spacial score (nSPS) is 12.2. The second-order valence-electron chi connectivity index (χ2n) is 17.0. The van der Waals surface area contributed by atoms with Crippen molar-refractivity contribution in [2.45, 2.75) is 53.3 Å². The summed E-state index contributed by atoms with van der Waals surface area (Å²) in [6, 6.07) is 31.2. The van der Waals surface area contributed by atoms with Crippen LogP contribution < -0.4 is 29.9 Å². The van der Waals surface area contributed by atoms with Gasteiger partial charge in [0.25, 0.3) is 30.4 Å². The first-order chi connectivity index (χ1) is 37.3. The average molecular weight is 1140 g/mol. The van der Waals surface area contributed by atoms with E-state index in [1.807, 2.05) is 27.7 Å². The van der Waals surface area contributed by atoms with Gasteiger partial charge in [0.1, 0.15) is 32.7 Å². The predicted octanol–water partition coefficient (Wildman–Crippen LogP) is 12.2. The minimum absolute atomic E-state index is 0.00260. The molecule has 7 aromatic carbocycles. The van der Waals surface area contributed by atoms with Crippen LogP contribution in [0.5, 0.6) is 11.5 Å². The molecule has 78 heavy (non-hydrogen) atoms. The topological polar surface area (TPSA) is 300 Å². The highest BCUT2D eigenvalue weighted by Gasteiger charge is 2.22. The summed E-state index contributed by atoms with van der Waals surface area (Å²) >= 11 is 1.14. The number of fused-ring (bicyclic) bond motifs is 2. The standard InChI is InChI=1S/C52H53N11O11S4/c1-7-62(8-2)44-27-40(42(29-46(44)73-5)60-58-38-22-24-48(77(67,68)69)36-20-13-11-18-34(36)38)53-50-55-51(57-52(56-50)75-31-32-16-15-17-33(26-32)76(64,65)66)54-41-28-45(63(9-3)10-4)47(74-6)30-43(41)61-59-39-23-25-49(78(70,71)72)37-21-14-12-19-35(37)39/h11-30H,7-10,31H2,1-6H3,(H,64,65,66)(H,67,68,69)(H,70,71,72)(H2,53,54,55,56,57)/b60-58+,61-59+. The summed E-state index contributed by atoms with van der Waals surface area (Å²) in [5, 5.41) is 26.5. The first kappa shape index (κ1) is 56.4. The summed E-state index contributed by atoms with van der Waals surface area (Å²) < 4.78 is 115. The Morgan fingerprint density at radius 3 is 1.32 bits per heavy atom. The van der Waals surface area contributed by atoms with Crippen LogP contribution in [-0.4, -0.2) is 94.3 Å². The summed E-state index contributed by atoms with van der Waals surface area (Å²) in [6.07, 6.45) is 0. The fourth-order valence-electron chi connectivity index (χ4n) is 8.50. The van der Waals surface area contributed by atoms with Crippen molar-refractivity contribution < 1.29 is 48.4 Å². The van der Waals surface area contributed by atoms with Crippen molar-refractivity contribution in [1.29, 1.82) is 0 Å². The number of methoxy groups -OCH3 is 2. The lowest BCUT2D eigenvalue weighted by atomic mass is 10.1. The Labute approximate surface area is 455 Å². The van der Waals surface area contributed by atoms with E-state index in [2.05, 4.69) is 40.9 Å². The number of hydrogen-bond acceptors (Lipinski definition) is 20. The molecule has 22 nitrogen and oxygen atoms in total. The van der Waals surface area contributed by atoms with Gasteiger partial charge >= 0.3 is 0 Å². The second-order valence-corrected chi connectivity index (χ2v) is 22.1. The first-order valence-corrected chi connectivity index (χ1v) is 29.3. The Morgan fingerprint density at radius 1 is 0.500 bits per heavy atom. The highest BCUT2D eigenvalue weighted by Crippen LogP contribution is 2.44. The van der Waals surface area contributed by atoms with Crippen molar-refractivity contribution in [2.75, 3.05) is 60.8 Å². The first-order valence-electron chi connectivity index (χ1n) is 24.0. The average Bonchev–Trinajstić information content (AvgIpc) is 3.46. The largest absolute Gasteiger partial charge is 0.494 e. The fourth-order valence-corrected chi connectivity index (χ4v) is 11.2. The van der Waals surface area contributed by atoms with Crippen LogP contribution in [0.2, 0.25) is 0 Å². The van der Waals surface area contributed by atoms with E-state index in [0.29, 0.717) is 88.1 Å². The molecule has 0 saturated carbocycles. The van der Waals surface area contributed by atoms with E-state index in [9.17, 15) is 38.9 Å². The van der Waals surface area contributed by atoms with Gasteiger partial charge in [0.05, 0.1) is 53.2 Å². The molecular weight excluding hydrogens is 1080 g/mol. The third-order valence-corrected chi connectivity index (χ3v) is 15.9. The van der Waals surface area contributed by atoms with Crippen LogP contribution in [0.25, 0.3) is 21.5 Å². The van der Waals surface area contributed by atoms with Crippen LogP contribution in [0.1, 0.15) is 33.3 Å². The Bertz CT molecular complexity index is 3760. The van der Waals surface area contributed by atoms with Gasteiger partial charge in [0, 0.05) is 65.6 Å². The number of azo groups is 2. The number of aromatic nitrogens is 3. The van der Waals surface area contributed by atoms with Gasteiger partial charge in [-0.2, -0.15) is 40.2 Å². The lowest BCUT2D eigenvalue weighted by Crippen LogP contribution is -2.22. The van der Waals surface area contributed by atoms with E-state index in [4.69, 9.17) is 24.4 Å². The van der Waals surface area contributed by atoms with Crippen molar-refractivity contribution in [3.63, 3.8) is 0 Å². The molecule has 0 saturated heterocycles. The lowest BCUT2D eigenvalue weighted by molar-refractivity contribution is 0.414. The maximum absolute atomic E-state index is 12.3. The van der Waals surface area contributed by atoms with Gasteiger partial charge in [-0.25, -0.2) is 0 Å². The van der Waals surface area contributed by atoms with E-state index in [0.717, 1.165) is 11.8 Å².